The van der Waals surface area contributed by atoms with E-state index in [4.69, 9.17) is 4.74 Å². The number of rotatable bonds is 12. The van der Waals surface area contributed by atoms with Gasteiger partial charge in [0.15, 0.2) is 40.5 Å². The molecule has 0 saturated carbocycles. The van der Waals surface area contributed by atoms with Gasteiger partial charge in [0.1, 0.15) is 6.10 Å². The first-order valence-electron chi connectivity index (χ1n) is 14.1. The molecule has 3 aromatic rings. The standard InChI is InChI=1S/C31H34N4O10/c1-17-24(34-30(45-17)20-9-4-12-23(38)27(20)41)31(44)35(15-5-13-32-28(42)18-7-2-10-21(36)25(18)39)16-6-14-33-29(43)19-8-3-11-22(37)26(19)40/h2-4,7-12,17,24,36-41H,5-6,13-16H2,1H3,(H,32,42)(H,33,43)/t17-,24+/m0/s1. The number of amides is 3. The fraction of sp³-hybridized carbons (Fsp3) is 0.290. The van der Waals surface area contributed by atoms with E-state index in [0.29, 0.717) is 12.8 Å². The Kier molecular flexibility index (Phi) is 10.2. The molecule has 0 bridgehead atoms. The minimum atomic E-state index is -0.987. The molecule has 4 rings (SSSR count). The van der Waals surface area contributed by atoms with Crippen molar-refractivity contribution >= 4 is 23.6 Å². The van der Waals surface area contributed by atoms with Gasteiger partial charge in [-0.25, -0.2) is 4.99 Å². The predicted octanol–water partition coefficient (Wildman–Crippen LogP) is 1.92. The van der Waals surface area contributed by atoms with Gasteiger partial charge >= 0.3 is 0 Å². The first kappa shape index (κ1) is 32.3. The normalized spacial score (nSPS) is 15.5. The van der Waals surface area contributed by atoms with E-state index in [1.54, 1.807) is 6.92 Å². The average molecular weight is 623 g/mol. The highest BCUT2D eigenvalue weighted by atomic mass is 16.5. The van der Waals surface area contributed by atoms with Crippen LogP contribution in [0.2, 0.25) is 0 Å². The Labute approximate surface area is 257 Å². The number of phenols is 6. The molecule has 0 radical (unpaired) electrons. The maximum atomic E-state index is 13.7. The van der Waals surface area contributed by atoms with Crippen LogP contribution in [0.5, 0.6) is 34.5 Å². The molecular formula is C31H34N4O10. The number of benzene rings is 3. The third-order valence-corrected chi connectivity index (χ3v) is 7.11. The lowest BCUT2D eigenvalue weighted by atomic mass is 10.1. The molecule has 0 fully saturated rings. The Morgan fingerprint density at radius 2 is 1.20 bits per heavy atom. The van der Waals surface area contributed by atoms with Crippen LogP contribution >= 0.6 is 0 Å². The number of phenolic OH excluding ortho intramolecular Hbond substituents is 6. The van der Waals surface area contributed by atoms with Crippen LogP contribution in [0.15, 0.2) is 59.6 Å². The Morgan fingerprint density at radius 3 is 1.71 bits per heavy atom. The molecule has 8 N–H and O–H groups in total. The van der Waals surface area contributed by atoms with Gasteiger partial charge in [0, 0.05) is 26.2 Å². The van der Waals surface area contributed by atoms with Gasteiger partial charge in [-0.1, -0.05) is 18.2 Å². The van der Waals surface area contributed by atoms with E-state index in [0.717, 1.165) is 0 Å². The van der Waals surface area contributed by atoms with Gasteiger partial charge in [0.05, 0.1) is 16.7 Å². The van der Waals surface area contributed by atoms with Gasteiger partial charge in [-0.3, -0.25) is 14.4 Å². The Balaban J connectivity index is 1.42. The second kappa shape index (κ2) is 14.2. The lowest BCUT2D eigenvalue weighted by molar-refractivity contribution is -0.134. The van der Waals surface area contributed by atoms with Crippen LogP contribution in [0.1, 0.15) is 46.0 Å². The van der Waals surface area contributed by atoms with Crippen molar-refractivity contribution in [1.29, 1.82) is 0 Å². The molecule has 1 aliphatic heterocycles. The van der Waals surface area contributed by atoms with Crippen LogP contribution in [-0.4, -0.2) is 97.5 Å². The summed E-state index contributed by atoms with van der Waals surface area (Å²) >= 11 is 0. The summed E-state index contributed by atoms with van der Waals surface area (Å²) in [6, 6.07) is 11.3. The smallest absolute Gasteiger partial charge is 0.255 e. The molecule has 1 aliphatic rings. The lowest BCUT2D eigenvalue weighted by Gasteiger charge is -2.26. The largest absolute Gasteiger partial charge is 0.504 e. The number of carbonyl (C=O) groups is 3. The summed E-state index contributed by atoms with van der Waals surface area (Å²) in [4.78, 5) is 44.6. The second-order valence-corrected chi connectivity index (χ2v) is 10.3. The number of hydrogen-bond donors (Lipinski definition) is 8. The van der Waals surface area contributed by atoms with Gasteiger partial charge in [0.25, 0.3) is 17.7 Å². The van der Waals surface area contributed by atoms with Gasteiger partial charge in [0.2, 0.25) is 5.90 Å². The highest BCUT2D eigenvalue weighted by Crippen LogP contribution is 2.32. The number of nitrogens with zero attached hydrogens (tertiary/aromatic N) is 2. The molecule has 238 valence electrons. The Morgan fingerprint density at radius 1 is 0.733 bits per heavy atom. The van der Waals surface area contributed by atoms with E-state index in [1.807, 2.05) is 0 Å². The quantitative estimate of drug-likeness (QED) is 0.108. The van der Waals surface area contributed by atoms with E-state index in [9.17, 15) is 45.0 Å². The molecular weight excluding hydrogens is 588 g/mol. The molecule has 0 aromatic heterocycles. The van der Waals surface area contributed by atoms with Gasteiger partial charge in [-0.05, 0) is 56.2 Å². The van der Waals surface area contributed by atoms with Crippen LogP contribution in [0.3, 0.4) is 0 Å². The SMILES string of the molecule is C[C@@H]1OC(c2cccc(O)c2O)=N[C@H]1C(=O)N(CCCNC(=O)c1cccc(O)c1O)CCCNC(=O)c1cccc(O)c1O. The monoisotopic (exact) mass is 622 g/mol. The van der Waals surface area contributed by atoms with Crippen molar-refractivity contribution in [3.05, 3.63) is 71.3 Å². The van der Waals surface area contributed by atoms with E-state index >= 15 is 0 Å². The fourth-order valence-electron chi connectivity index (χ4n) is 4.68. The summed E-state index contributed by atoms with van der Waals surface area (Å²) in [5.74, 6) is -4.41. The zero-order valence-electron chi connectivity index (χ0n) is 24.3. The summed E-state index contributed by atoms with van der Waals surface area (Å²) < 4.78 is 5.75. The van der Waals surface area contributed by atoms with Crippen LogP contribution in [0.4, 0.5) is 0 Å². The minimum absolute atomic E-state index is 0.00873. The summed E-state index contributed by atoms with van der Waals surface area (Å²) in [5, 5.41) is 64.6. The van der Waals surface area contributed by atoms with Crippen molar-refractivity contribution in [1.82, 2.24) is 15.5 Å². The molecule has 14 heteroatoms. The number of aliphatic imine (C=N–C) groups is 1. The number of nitrogens with one attached hydrogen (secondary N) is 2. The topological polar surface area (TPSA) is 221 Å². The molecule has 1 heterocycles. The van der Waals surface area contributed by atoms with Crippen molar-refractivity contribution in [2.24, 2.45) is 4.99 Å². The third kappa shape index (κ3) is 7.47. The van der Waals surface area contributed by atoms with Gasteiger partial charge < -0.3 is 50.9 Å². The van der Waals surface area contributed by atoms with Crippen molar-refractivity contribution in [2.75, 3.05) is 26.2 Å². The number of hydrogen-bond acceptors (Lipinski definition) is 11. The van der Waals surface area contributed by atoms with Crippen molar-refractivity contribution in [3.63, 3.8) is 0 Å². The van der Waals surface area contributed by atoms with Crippen LogP contribution in [0, 0.1) is 0 Å². The van der Waals surface area contributed by atoms with Crippen LogP contribution in [-0.2, 0) is 9.53 Å². The summed E-state index contributed by atoms with van der Waals surface area (Å²) in [6.45, 7) is 2.21. The first-order valence-corrected chi connectivity index (χ1v) is 14.1. The molecule has 0 aliphatic carbocycles. The fourth-order valence-corrected chi connectivity index (χ4v) is 4.68. The molecule has 0 unspecified atom stereocenters. The number of carbonyl (C=O) groups excluding carboxylic acids is 3. The molecule has 3 amide bonds. The molecule has 0 saturated heterocycles. The van der Waals surface area contributed by atoms with E-state index in [2.05, 4.69) is 15.6 Å². The Bertz CT molecular complexity index is 1540. The molecule has 2 atom stereocenters. The zero-order chi connectivity index (χ0) is 32.7. The van der Waals surface area contributed by atoms with E-state index < -0.39 is 58.6 Å². The maximum Gasteiger partial charge on any atom is 0.255 e. The average Bonchev–Trinajstić information content (AvgIpc) is 3.40. The summed E-state index contributed by atoms with van der Waals surface area (Å²) in [7, 11) is 0. The van der Waals surface area contributed by atoms with Gasteiger partial charge in [-0.2, -0.15) is 0 Å². The molecule has 14 nitrogen and oxygen atoms in total. The van der Waals surface area contributed by atoms with Crippen molar-refractivity contribution < 1.29 is 49.8 Å². The Hall–Kier alpha value is -5.66. The van der Waals surface area contributed by atoms with Crippen LogP contribution in [0.25, 0.3) is 0 Å². The summed E-state index contributed by atoms with van der Waals surface area (Å²) in [6.07, 6.45) is -0.113. The van der Waals surface area contributed by atoms with Crippen molar-refractivity contribution in [3.8, 4) is 34.5 Å². The third-order valence-electron chi connectivity index (χ3n) is 7.11. The highest BCUT2D eigenvalue weighted by Gasteiger charge is 2.37. The van der Waals surface area contributed by atoms with Crippen LogP contribution < -0.4 is 10.6 Å². The molecule has 3 aromatic carbocycles. The number of aromatic hydroxyl groups is 6. The number of para-hydroxylation sites is 3. The highest BCUT2D eigenvalue weighted by molar-refractivity contribution is 6.01. The lowest BCUT2D eigenvalue weighted by Crippen LogP contribution is -2.44. The minimum Gasteiger partial charge on any atom is -0.504 e. The zero-order valence-corrected chi connectivity index (χ0v) is 24.3. The second-order valence-electron chi connectivity index (χ2n) is 10.3. The maximum absolute atomic E-state index is 13.7. The summed E-state index contributed by atoms with van der Waals surface area (Å²) in [5.41, 5.74) is -0.0876. The van der Waals surface area contributed by atoms with E-state index in [-0.39, 0.29) is 54.5 Å². The first-order chi connectivity index (χ1) is 21.5. The molecule has 45 heavy (non-hydrogen) atoms. The predicted molar refractivity (Wildman–Crippen MR) is 161 cm³/mol. The van der Waals surface area contributed by atoms with E-state index in [1.165, 1.54) is 59.5 Å². The van der Waals surface area contributed by atoms with Crippen molar-refractivity contribution in [2.45, 2.75) is 31.9 Å². The van der Waals surface area contributed by atoms with Gasteiger partial charge in [-0.15, -0.1) is 0 Å². The number of ether oxygens (including phenoxy) is 1. The molecule has 0 spiro atoms.